The van der Waals surface area contributed by atoms with E-state index in [1.165, 1.54) is 22.3 Å². The molecule has 0 saturated carbocycles. The van der Waals surface area contributed by atoms with Crippen LogP contribution in [0.5, 0.6) is 0 Å². The first kappa shape index (κ1) is 36.9. The molecule has 0 atom stereocenters. The molecule has 2 aliphatic carbocycles. The molecule has 0 N–H and O–H groups in total. The van der Waals surface area contributed by atoms with Crippen molar-refractivity contribution in [1.82, 2.24) is 0 Å². The molecule has 0 fully saturated rings. The lowest BCUT2D eigenvalue weighted by molar-refractivity contribution is 0.605. The predicted molar refractivity (Wildman–Crippen MR) is 272 cm³/mol. The molecule has 3 heterocycles. The summed E-state index contributed by atoms with van der Waals surface area (Å²) in [6.45, 7) is 4.68. The van der Waals surface area contributed by atoms with Crippen LogP contribution in [0.25, 0.3) is 112 Å². The second kappa shape index (κ2) is 13.7. The number of nitrogens with zero attached hydrogens (tertiary/aromatic N) is 1. The van der Waals surface area contributed by atoms with Gasteiger partial charge in [0.25, 0.3) is 0 Å². The van der Waals surface area contributed by atoms with Gasteiger partial charge in [0.15, 0.2) is 0 Å². The van der Waals surface area contributed by atoms with E-state index in [0.29, 0.717) is 0 Å². The van der Waals surface area contributed by atoms with Crippen LogP contribution in [0, 0.1) is 0 Å². The highest BCUT2D eigenvalue weighted by atomic mass is 16.3. The number of furan rings is 3. The fourth-order valence-corrected chi connectivity index (χ4v) is 10.9. The van der Waals surface area contributed by atoms with E-state index in [2.05, 4.69) is 200 Å². The Bertz CT molecular complexity index is 4040. The van der Waals surface area contributed by atoms with Crippen molar-refractivity contribution in [2.45, 2.75) is 19.3 Å². The van der Waals surface area contributed by atoms with E-state index in [0.717, 1.165) is 117 Å². The maximum Gasteiger partial charge on any atom is 0.144 e. The largest absolute Gasteiger partial charge is 0.456 e. The maximum atomic E-state index is 6.78. The lowest BCUT2D eigenvalue weighted by atomic mass is 9.82. The van der Waals surface area contributed by atoms with Gasteiger partial charge in [0.2, 0.25) is 0 Å². The van der Waals surface area contributed by atoms with Gasteiger partial charge < -0.3 is 18.2 Å². The summed E-state index contributed by atoms with van der Waals surface area (Å²) in [4.78, 5) is 2.38. The van der Waals surface area contributed by atoms with Gasteiger partial charge in [0.1, 0.15) is 33.7 Å². The molecule has 66 heavy (non-hydrogen) atoms. The summed E-state index contributed by atoms with van der Waals surface area (Å²) < 4.78 is 19.7. The summed E-state index contributed by atoms with van der Waals surface area (Å²) in [5.41, 5.74) is 23.6. The molecule has 9 aromatic carbocycles. The van der Waals surface area contributed by atoms with Crippen LogP contribution in [0.2, 0.25) is 0 Å². The molecule has 0 spiro atoms. The summed E-state index contributed by atoms with van der Waals surface area (Å²) in [6, 6.07) is 67.5. The van der Waals surface area contributed by atoms with Crippen molar-refractivity contribution >= 4 is 84.1 Å². The van der Waals surface area contributed by atoms with Crippen molar-refractivity contribution in [3.05, 3.63) is 216 Å². The normalized spacial score (nSPS) is 13.4. The molecule has 0 aliphatic heterocycles. The number of rotatable bonds is 6. The third kappa shape index (κ3) is 5.34. The van der Waals surface area contributed by atoms with Gasteiger partial charge in [-0.2, -0.15) is 0 Å². The molecule has 2 aliphatic rings. The third-order valence-corrected chi connectivity index (χ3v) is 14.1. The van der Waals surface area contributed by atoms with Gasteiger partial charge in [-0.05, 0) is 111 Å². The Kier molecular flexibility index (Phi) is 7.67. The summed E-state index contributed by atoms with van der Waals surface area (Å²) in [5.74, 6) is 0.865. The van der Waals surface area contributed by atoms with Gasteiger partial charge in [0.05, 0.1) is 0 Å². The van der Waals surface area contributed by atoms with Crippen LogP contribution in [0.3, 0.4) is 0 Å². The molecule has 0 unspecified atom stereocenters. The van der Waals surface area contributed by atoms with Crippen molar-refractivity contribution in [3.63, 3.8) is 0 Å². The molecule has 310 valence electrons. The topological polar surface area (TPSA) is 42.7 Å². The zero-order valence-electron chi connectivity index (χ0n) is 36.2. The summed E-state index contributed by atoms with van der Waals surface area (Å²) >= 11 is 0. The van der Waals surface area contributed by atoms with E-state index in [1.807, 2.05) is 24.3 Å². The van der Waals surface area contributed by atoms with Crippen molar-refractivity contribution in [2.24, 2.45) is 0 Å². The Labute approximate surface area is 380 Å². The predicted octanol–water partition coefficient (Wildman–Crippen LogP) is 17.6. The lowest BCUT2D eigenvalue weighted by Gasteiger charge is -2.28. The average molecular weight is 846 g/mol. The van der Waals surface area contributed by atoms with Gasteiger partial charge in [-0.1, -0.05) is 141 Å². The van der Waals surface area contributed by atoms with E-state index in [4.69, 9.17) is 13.3 Å². The average Bonchev–Trinajstić information content (AvgIpc) is 4.18. The molecular formula is C62H39NO3. The Morgan fingerprint density at radius 2 is 1.09 bits per heavy atom. The minimum absolute atomic E-state index is 0.137. The van der Waals surface area contributed by atoms with Gasteiger partial charge in [-0.25, -0.2) is 0 Å². The fraction of sp³-hybridized carbons (Fsp3) is 0.0484. The molecule has 4 nitrogen and oxygen atoms in total. The van der Waals surface area contributed by atoms with Crippen LogP contribution in [-0.2, 0) is 5.41 Å². The van der Waals surface area contributed by atoms with Crippen LogP contribution < -0.4 is 4.90 Å². The van der Waals surface area contributed by atoms with Crippen LogP contribution >= 0.6 is 0 Å². The highest BCUT2D eigenvalue weighted by Gasteiger charge is 2.36. The first-order chi connectivity index (χ1) is 32.5. The van der Waals surface area contributed by atoms with Crippen LogP contribution in [-0.4, -0.2) is 0 Å². The van der Waals surface area contributed by atoms with Crippen molar-refractivity contribution in [2.75, 3.05) is 4.90 Å². The Morgan fingerprint density at radius 1 is 0.409 bits per heavy atom. The van der Waals surface area contributed by atoms with Crippen LogP contribution in [0.4, 0.5) is 17.1 Å². The zero-order chi connectivity index (χ0) is 43.7. The van der Waals surface area contributed by atoms with Crippen molar-refractivity contribution < 1.29 is 13.3 Å². The first-order valence-electron chi connectivity index (χ1n) is 22.6. The molecule has 0 amide bonds. The van der Waals surface area contributed by atoms with Gasteiger partial charge in [0, 0.05) is 72.2 Å². The maximum absolute atomic E-state index is 6.78. The minimum Gasteiger partial charge on any atom is -0.456 e. The number of hydrogen-bond donors (Lipinski definition) is 0. The molecule has 4 heteroatoms. The van der Waals surface area contributed by atoms with Gasteiger partial charge in [-0.15, -0.1) is 5.73 Å². The fourth-order valence-electron chi connectivity index (χ4n) is 10.9. The second-order valence-electron chi connectivity index (χ2n) is 18.1. The van der Waals surface area contributed by atoms with Crippen LogP contribution in [0.1, 0.15) is 36.3 Å². The highest BCUT2D eigenvalue weighted by Crippen LogP contribution is 2.51. The second-order valence-corrected chi connectivity index (χ2v) is 18.1. The van der Waals surface area contributed by atoms with Gasteiger partial charge in [-0.3, -0.25) is 0 Å². The van der Waals surface area contributed by atoms with E-state index in [9.17, 15) is 0 Å². The molecule has 12 aromatic rings. The van der Waals surface area contributed by atoms with Crippen molar-refractivity contribution in [1.29, 1.82) is 0 Å². The standard InChI is InChI=1S/C62H39NO3/c1-62(2)52-19-8-6-14-45(52)46-32-31-43(35-53(46)62)63(42-29-24-38(25-30-42)44-16-10-18-48-47-17-11-21-54(47)65-60(44)48)41-27-22-37(23-28-41)40-26-33-56-50(34-40)51-36-57-59(49-15-7-9-20-55(49)64-57)58(61(51)66-56)39-12-4-3-5-13-39/h3-10,12-36H,1-2H3. The number of fused-ring (bicyclic) bond motifs is 12. The number of benzene rings is 9. The quantitative estimate of drug-likeness (QED) is 0.156. The van der Waals surface area contributed by atoms with E-state index < -0.39 is 0 Å². The van der Waals surface area contributed by atoms with E-state index in [-0.39, 0.29) is 5.41 Å². The molecule has 3 aromatic heterocycles. The Balaban J connectivity index is 0.882. The van der Waals surface area contributed by atoms with Crippen molar-refractivity contribution in [3.8, 4) is 44.5 Å². The van der Waals surface area contributed by atoms with Gasteiger partial charge >= 0.3 is 0 Å². The first-order valence-corrected chi connectivity index (χ1v) is 22.6. The highest BCUT2D eigenvalue weighted by molar-refractivity contribution is 6.23. The van der Waals surface area contributed by atoms with E-state index in [1.54, 1.807) is 0 Å². The number of hydrogen-bond acceptors (Lipinski definition) is 4. The monoisotopic (exact) mass is 845 g/mol. The SMILES string of the molecule is CC1(C)c2ccccc2-c2ccc(N(c3ccc(-c4ccc5oc6c(-c7ccccc7)c7c(cc6c5c4)oc4ccccc47)cc3)c3ccc(-c4cccc5c6c(oc45)C=C=C6)cc3)cc21. The molecule has 0 bridgehead atoms. The summed E-state index contributed by atoms with van der Waals surface area (Å²) in [5, 5.41) is 5.35. The van der Waals surface area contributed by atoms with Crippen LogP contribution in [0.15, 0.2) is 207 Å². The molecule has 0 radical (unpaired) electrons. The Hall–Kier alpha value is -8.56. The van der Waals surface area contributed by atoms with E-state index >= 15 is 0 Å². The molecular weight excluding hydrogens is 807 g/mol. The minimum atomic E-state index is -0.137. The molecule has 14 rings (SSSR count). The number of para-hydroxylation sites is 2. The number of anilines is 3. The Morgan fingerprint density at radius 3 is 1.94 bits per heavy atom. The lowest BCUT2D eigenvalue weighted by Crippen LogP contribution is -2.16. The zero-order valence-corrected chi connectivity index (χ0v) is 36.2. The smallest absolute Gasteiger partial charge is 0.144 e. The molecule has 0 saturated heterocycles. The third-order valence-electron chi connectivity index (χ3n) is 14.1. The summed E-state index contributed by atoms with van der Waals surface area (Å²) in [7, 11) is 0. The summed E-state index contributed by atoms with van der Waals surface area (Å²) in [6.07, 6.45) is 3.92.